The zero-order valence-electron chi connectivity index (χ0n) is 24.5. The van der Waals surface area contributed by atoms with Gasteiger partial charge in [-0.2, -0.15) is 8.42 Å². The first-order valence-electron chi connectivity index (χ1n) is 13.6. The number of rotatable bonds is 13. The molecule has 1 N–H and O–H groups in total. The number of methoxy groups -OCH3 is 3. The minimum absolute atomic E-state index is 0.0359. The van der Waals surface area contributed by atoms with E-state index in [1.165, 1.54) is 7.11 Å². The van der Waals surface area contributed by atoms with Gasteiger partial charge in [-0.3, -0.25) is 4.55 Å². The molecule has 0 amide bonds. The first-order chi connectivity index (χ1) is 20.2. The van der Waals surface area contributed by atoms with Crippen LogP contribution in [0, 0.1) is 11.8 Å². The standard InChI is InChI=1S/C32H38O9S/c1-21-14-24(8-12-30(21)40-19-37-4)26-16-28(23-6-10-27(11-7-23)39-18-36-3)32(42(33,34)35)29(17-26)25-9-13-31(22(2)15-25)41-20-38-5/h6-14,16-17,21-22,30H,15,18-20H2,1-5H3,(H,33,34,35). The van der Waals surface area contributed by atoms with Crippen molar-refractivity contribution >= 4 is 21.3 Å². The normalized spacial score (nSPS) is 20.5. The van der Waals surface area contributed by atoms with Crippen LogP contribution in [0.25, 0.3) is 22.3 Å². The second-order valence-electron chi connectivity index (χ2n) is 10.2. The Morgan fingerprint density at radius 1 is 0.857 bits per heavy atom. The third-order valence-electron chi connectivity index (χ3n) is 7.14. The lowest BCUT2D eigenvalue weighted by molar-refractivity contribution is -0.0655. The maximum Gasteiger partial charge on any atom is 0.295 e. The fraction of sp³-hybridized carbons (Fsp3) is 0.375. The Hall–Kier alpha value is -3.25. The van der Waals surface area contributed by atoms with Gasteiger partial charge in [0.1, 0.15) is 23.2 Å². The van der Waals surface area contributed by atoms with Crippen molar-refractivity contribution in [3.8, 4) is 16.9 Å². The van der Waals surface area contributed by atoms with Gasteiger partial charge in [-0.15, -0.1) is 0 Å². The molecule has 0 heterocycles. The summed E-state index contributed by atoms with van der Waals surface area (Å²) in [7, 11) is 0.0218. The van der Waals surface area contributed by atoms with Crippen LogP contribution >= 0.6 is 0 Å². The summed E-state index contributed by atoms with van der Waals surface area (Å²) in [6, 6.07) is 10.6. The highest BCUT2D eigenvalue weighted by atomic mass is 32.2. The summed E-state index contributed by atoms with van der Waals surface area (Å²) in [6.07, 6.45) is 10.0. The average Bonchev–Trinajstić information content (AvgIpc) is 2.98. The topological polar surface area (TPSA) is 110 Å². The summed E-state index contributed by atoms with van der Waals surface area (Å²) in [4.78, 5) is -0.153. The van der Waals surface area contributed by atoms with Crippen molar-refractivity contribution in [3.63, 3.8) is 0 Å². The fourth-order valence-corrected chi connectivity index (χ4v) is 6.02. The van der Waals surface area contributed by atoms with E-state index in [2.05, 4.69) is 13.0 Å². The van der Waals surface area contributed by atoms with Gasteiger partial charge in [-0.1, -0.05) is 50.3 Å². The number of allylic oxidation sites excluding steroid dienone is 6. The van der Waals surface area contributed by atoms with E-state index in [1.807, 2.05) is 37.3 Å². The van der Waals surface area contributed by atoms with E-state index in [0.29, 0.717) is 28.9 Å². The summed E-state index contributed by atoms with van der Waals surface area (Å²) in [5.41, 5.74) is 3.89. The van der Waals surface area contributed by atoms with Crippen LogP contribution in [0.15, 0.2) is 77.4 Å². The van der Waals surface area contributed by atoms with Crippen molar-refractivity contribution in [2.45, 2.75) is 31.3 Å². The van der Waals surface area contributed by atoms with E-state index in [0.717, 1.165) is 22.5 Å². The van der Waals surface area contributed by atoms with Crippen LogP contribution < -0.4 is 4.74 Å². The summed E-state index contributed by atoms with van der Waals surface area (Å²) in [5, 5.41) is 0. The van der Waals surface area contributed by atoms with Gasteiger partial charge in [0.2, 0.25) is 0 Å². The smallest absolute Gasteiger partial charge is 0.295 e. The minimum atomic E-state index is -4.64. The third-order valence-corrected chi connectivity index (χ3v) is 8.10. The summed E-state index contributed by atoms with van der Waals surface area (Å²) < 4.78 is 68.7. The van der Waals surface area contributed by atoms with Crippen molar-refractivity contribution in [1.82, 2.24) is 0 Å². The van der Waals surface area contributed by atoms with Gasteiger partial charge in [0, 0.05) is 38.7 Å². The van der Waals surface area contributed by atoms with Gasteiger partial charge in [-0.05, 0) is 64.6 Å². The Morgan fingerprint density at radius 3 is 2.14 bits per heavy atom. The monoisotopic (exact) mass is 598 g/mol. The lowest BCUT2D eigenvalue weighted by Crippen LogP contribution is -2.21. The molecule has 2 aromatic rings. The number of hydrogen-bond donors (Lipinski definition) is 1. The molecular formula is C32H38O9S. The van der Waals surface area contributed by atoms with Crippen molar-refractivity contribution < 1.29 is 41.4 Å². The largest absolute Gasteiger partial charge is 0.472 e. The van der Waals surface area contributed by atoms with Crippen LogP contribution in [0.2, 0.25) is 0 Å². The molecule has 0 aliphatic heterocycles. The molecule has 0 fully saturated rings. The van der Waals surface area contributed by atoms with E-state index in [-0.39, 0.29) is 43.2 Å². The Balaban J connectivity index is 1.88. The first-order valence-corrected chi connectivity index (χ1v) is 15.0. The van der Waals surface area contributed by atoms with Gasteiger partial charge in [0.25, 0.3) is 10.1 Å². The third kappa shape index (κ3) is 7.57. The maximum atomic E-state index is 13.0. The predicted octanol–water partition coefficient (Wildman–Crippen LogP) is 6.09. The van der Waals surface area contributed by atoms with E-state index in [1.54, 1.807) is 44.6 Å². The SMILES string of the molecule is COCOC1=CC=C(c2cc(C3=CC(C)C(OCOC)C=C3)cc(-c3ccc(OCOC)cc3)c2S(=O)(=O)O)CC1C. The minimum Gasteiger partial charge on any atom is -0.472 e. The summed E-state index contributed by atoms with van der Waals surface area (Å²) in [6.45, 7) is 4.43. The lowest BCUT2D eigenvalue weighted by atomic mass is 9.85. The molecule has 2 aromatic carbocycles. The van der Waals surface area contributed by atoms with Crippen molar-refractivity contribution in [1.29, 1.82) is 0 Å². The first kappa shape index (κ1) is 31.7. The maximum absolute atomic E-state index is 13.0. The highest BCUT2D eigenvalue weighted by molar-refractivity contribution is 7.86. The van der Waals surface area contributed by atoms with Crippen LogP contribution in [0.1, 0.15) is 31.4 Å². The quantitative estimate of drug-likeness (QED) is 0.216. The Kier molecular flexibility index (Phi) is 10.8. The molecule has 0 bridgehead atoms. The number of hydrogen-bond acceptors (Lipinski definition) is 8. The van der Waals surface area contributed by atoms with Crippen molar-refractivity contribution in [2.24, 2.45) is 11.8 Å². The molecule has 42 heavy (non-hydrogen) atoms. The van der Waals surface area contributed by atoms with Gasteiger partial charge in [0.15, 0.2) is 13.6 Å². The van der Waals surface area contributed by atoms with E-state index in [4.69, 9.17) is 28.4 Å². The van der Waals surface area contributed by atoms with E-state index in [9.17, 15) is 13.0 Å². The molecule has 10 heteroatoms. The second kappa shape index (κ2) is 14.3. The van der Waals surface area contributed by atoms with Gasteiger partial charge in [-0.25, -0.2) is 0 Å². The van der Waals surface area contributed by atoms with Crippen LogP contribution in [-0.2, 0) is 33.8 Å². The van der Waals surface area contributed by atoms with Crippen LogP contribution in [0.3, 0.4) is 0 Å². The molecule has 3 atom stereocenters. The zero-order chi connectivity index (χ0) is 30.3. The van der Waals surface area contributed by atoms with Gasteiger partial charge in [0.05, 0.1) is 6.10 Å². The Morgan fingerprint density at radius 2 is 1.52 bits per heavy atom. The molecule has 4 rings (SSSR count). The van der Waals surface area contributed by atoms with Crippen LogP contribution in [0.4, 0.5) is 0 Å². The molecular weight excluding hydrogens is 560 g/mol. The molecule has 0 saturated carbocycles. The van der Waals surface area contributed by atoms with E-state index < -0.39 is 10.1 Å². The molecule has 9 nitrogen and oxygen atoms in total. The van der Waals surface area contributed by atoms with E-state index >= 15 is 0 Å². The van der Waals surface area contributed by atoms with Gasteiger partial charge < -0.3 is 28.4 Å². The zero-order valence-corrected chi connectivity index (χ0v) is 25.3. The highest BCUT2D eigenvalue weighted by Gasteiger charge is 2.28. The molecule has 226 valence electrons. The molecule has 2 aliphatic rings. The second-order valence-corrected chi connectivity index (χ2v) is 11.6. The molecule has 0 saturated heterocycles. The van der Waals surface area contributed by atoms with Crippen molar-refractivity contribution in [2.75, 3.05) is 41.7 Å². The molecule has 2 aliphatic carbocycles. The highest BCUT2D eigenvalue weighted by Crippen LogP contribution is 2.42. The molecule has 0 aromatic heterocycles. The molecule has 0 radical (unpaired) electrons. The average molecular weight is 599 g/mol. The summed E-state index contributed by atoms with van der Waals surface area (Å²) >= 11 is 0. The molecule has 0 spiro atoms. The summed E-state index contributed by atoms with van der Waals surface area (Å²) in [5.74, 6) is 1.32. The number of ether oxygens (including phenoxy) is 6. The number of benzene rings is 2. The van der Waals surface area contributed by atoms with Crippen molar-refractivity contribution in [3.05, 3.63) is 83.7 Å². The van der Waals surface area contributed by atoms with Crippen LogP contribution in [0.5, 0.6) is 5.75 Å². The fourth-order valence-electron chi connectivity index (χ4n) is 5.10. The van der Waals surface area contributed by atoms with Crippen LogP contribution in [-0.4, -0.2) is 60.8 Å². The lowest BCUT2D eigenvalue weighted by Gasteiger charge is -2.26. The Bertz CT molecular complexity index is 1470. The predicted molar refractivity (Wildman–Crippen MR) is 160 cm³/mol. The Labute approximate surface area is 247 Å². The van der Waals surface area contributed by atoms with Gasteiger partial charge >= 0.3 is 0 Å². The molecule has 3 unspecified atom stereocenters.